The SMILES string of the molecule is C[C@]12CC[C@H](O)CC1=CC[C@@H]1C2=CC[C@]2(C)C(=O)CC[C@@H]12. The van der Waals surface area contributed by atoms with Gasteiger partial charge in [-0.25, -0.2) is 0 Å². The van der Waals surface area contributed by atoms with Gasteiger partial charge in [0.05, 0.1) is 6.10 Å². The fourth-order valence-electron chi connectivity index (χ4n) is 5.73. The Balaban J connectivity index is 1.75. The molecule has 0 aromatic carbocycles. The summed E-state index contributed by atoms with van der Waals surface area (Å²) in [6.07, 6.45) is 11.4. The molecule has 4 aliphatic carbocycles. The number of aliphatic hydroxyl groups is 1. The minimum Gasteiger partial charge on any atom is -0.393 e. The van der Waals surface area contributed by atoms with E-state index in [1.165, 1.54) is 5.57 Å². The van der Waals surface area contributed by atoms with Crippen molar-refractivity contribution >= 4 is 5.78 Å². The number of hydrogen-bond acceptors (Lipinski definition) is 2. The molecule has 0 spiro atoms. The Kier molecular flexibility index (Phi) is 2.83. The fraction of sp³-hybridized carbons (Fsp3) is 0.737. The van der Waals surface area contributed by atoms with Gasteiger partial charge in [0.15, 0.2) is 0 Å². The summed E-state index contributed by atoms with van der Waals surface area (Å²) in [6.45, 7) is 4.58. The number of Topliss-reactive ketones (excluding diaryl/α,β-unsaturated/α-hetero) is 1. The molecule has 114 valence electrons. The third kappa shape index (κ3) is 1.72. The van der Waals surface area contributed by atoms with Crippen LogP contribution in [0.5, 0.6) is 0 Å². The van der Waals surface area contributed by atoms with Gasteiger partial charge < -0.3 is 5.11 Å². The van der Waals surface area contributed by atoms with Crippen molar-refractivity contribution in [3.8, 4) is 0 Å². The lowest BCUT2D eigenvalue weighted by Gasteiger charge is -2.52. The number of carbonyl (C=O) groups is 1. The molecule has 0 aromatic rings. The first-order valence-electron chi connectivity index (χ1n) is 8.56. The molecule has 4 aliphatic rings. The molecular formula is C19H26O2. The Bertz CT molecular complexity index is 558. The number of allylic oxidation sites excluding steroid dienone is 3. The van der Waals surface area contributed by atoms with Gasteiger partial charge in [0.2, 0.25) is 0 Å². The van der Waals surface area contributed by atoms with Crippen molar-refractivity contribution in [2.45, 2.75) is 64.9 Å². The first kappa shape index (κ1) is 13.8. The Morgan fingerprint density at radius 3 is 2.86 bits per heavy atom. The van der Waals surface area contributed by atoms with Crippen molar-refractivity contribution in [1.29, 1.82) is 0 Å². The quantitative estimate of drug-likeness (QED) is 0.688. The highest BCUT2D eigenvalue weighted by atomic mass is 16.3. The van der Waals surface area contributed by atoms with E-state index in [9.17, 15) is 9.90 Å². The molecule has 0 radical (unpaired) electrons. The van der Waals surface area contributed by atoms with Crippen LogP contribution in [0.2, 0.25) is 0 Å². The largest absolute Gasteiger partial charge is 0.393 e. The van der Waals surface area contributed by atoms with Gasteiger partial charge in [-0.1, -0.05) is 37.1 Å². The molecule has 0 heterocycles. The van der Waals surface area contributed by atoms with Crippen molar-refractivity contribution in [3.63, 3.8) is 0 Å². The highest BCUT2D eigenvalue weighted by Crippen LogP contribution is 2.61. The van der Waals surface area contributed by atoms with Crippen molar-refractivity contribution in [1.82, 2.24) is 0 Å². The summed E-state index contributed by atoms with van der Waals surface area (Å²) < 4.78 is 0. The summed E-state index contributed by atoms with van der Waals surface area (Å²) in [6, 6.07) is 0. The van der Waals surface area contributed by atoms with Gasteiger partial charge in [0.1, 0.15) is 5.78 Å². The molecule has 0 unspecified atom stereocenters. The third-order valence-corrected chi connectivity index (χ3v) is 7.17. The predicted octanol–water partition coefficient (Wildman–Crippen LogP) is 3.80. The van der Waals surface area contributed by atoms with E-state index in [2.05, 4.69) is 26.0 Å². The maximum absolute atomic E-state index is 12.3. The molecule has 2 nitrogen and oxygen atoms in total. The van der Waals surface area contributed by atoms with Crippen LogP contribution in [0.15, 0.2) is 23.3 Å². The number of aliphatic hydroxyl groups excluding tert-OH is 1. The molecular weight excluding hydrogens is 260 g/mol. The average molecular weight is 286 g/mol. The molecule has 4 rings (SSSR count). The maximum atomic E-state index is 12.3. The number of rotatable bonds is 0. The second kappa shape index (κ2) is 4.32. The van der Waals surface area contributed by atoms with Crippen LogP contribution in [-0.2, 0) is 4.79 Å². The normalized spacial score (nSPS) is 48.9. The van der Waals surface area contributed by atoms with Gasteiger partial charge in [-0.2, -0.15) is 0 Å². The highest BCUT2D eigenvalue weighted by Gasteiger charge is 2.55. The zero-order valence-corrected chi connectivity index (χ0v) is 13.2. The molecule has 1 N–H and O–H groups in total. The summed E-state index contributed by atoms with van der Waals surface area (Å²) in [7, 11) is 0. The first-order valence-corrected chi connectivity index (χ1v) is 8.56. The van der Waals surface area contributed by atoms with Crippen LogP contribution in [0.1, 0.15) is 58.8 Å². The van der Waals surface area contributed by atoms with Crippen LogP contribution in [0, 0.1) is 22.7 Å². The minimum absolute atomic E-state index is 0.0932. The summed E-state index contributed by atoms with van der Waals surface area (Å²) in [5, 5.41) is 9.98. The van der Waals surface area contributed by atoms with Gasteiger partial charge in [0, 0.05) is 17.3 Å². The lowest BCUT2D eigenvalue weighted by Crippen LogP contribution is -2.44. The van der Waals surface area contributed by atoms with Gasteiger partial charge in [-0.05, 0) is 50.4 Å². The van der Waals surface area contributed by atoms with Crippen molar-refractivity contribution < 1.29 is 9.90 Å². The van der Waals surface area contributed by atoms with E-state index in [0.29, 0.717) is 17.6 Å². The number of carbonyl (C=O) groups excluding carboxylic acids is 1. The second-order valence-electron chi connectivity index (χ2n) is 8.15. The highest BCUT2D eigenvalue weighted by molar-refractivity contribution is 5.87. The van der Waals surface area contributed by atoms with Gasteiger partial charge in [0.25, 0.3) is 0 Å². The van der Waals surface area contributed by atoms with E-state index in [1.807, 2.05) is 0 Å². The Labute approximate surface area is 127 Å². The summed E-state index contributed by atoms with van der Waals surface area (Å²) in [5.41, 5.74) is 3.12. The molecule has 2 heteroatoms. The fourth-order valence-corrected chi connectivity index (χ4v) is 5.73. The Hall–Kier alpha value is -0.890. The van der Waals surface area contributed by atoms with Crippen LogP contribution >= 0.6 is 0 Å². The van der Waals surface area contributed by atoms with Gasteiger partial charge >= 0.3 is 0 Å². The summed E-state index contributed by atoms with van der Waals surface area (Å²) >= 11 is 0. The lowest BCUT2D eigenvalue weighted by atomic mass is 9.52. The van der Waals surface area contributed by atoms with E-state index in [-0.39, 0.29) is 16.9 Å². The molecule has 0 bridgehead atoms. The second-order valence-corrected chi connectivity index (χ2v) is 8.15. The van der Waals surface area contributed by atoms with E-state index >= 15 is 0 Å². The van der Waals surface area contributed by atoms with Crippen LogP contribution < -0.4 is 0 Å². The topological polar surface area (TPSA) is 37.3 Å². The van der Waals surface area contributed by atoms with Crippen molar-refractivity contribution in [2.75, 3.05) is 0 Å². The van der Waals surface area contributed by atoms with Crippen molar-refractivity contribution in [2.24, 2.45) is 22.7 Å². The van der Waals surface area contributed by atoms with E-state index < -0.39 is 0 Å². The van der Waals surface area contributed by atoms with E-state index in [1.54, 1.807) is 5.57 Å². The smallest absolute Gasteiger partial charge is 0.139 e. The standard InChI is InChI=1S/C19H26O2/c1-18-9-7-13(20)11-12(18)3-4-14-15-5-6-17(21)19(15,2)10-8-16(14)18/h3,8,13-15,20H,4-7,9-11H2,1-2H3/t13-,14-,15-,18-,19-/m0/s1. The molecule has 0 aromatic heterocycles. The van der Waals surface area contributed by atoms with Crippen molar-refractivity contribution in [3.05, 3.63) is 23.3 Å². The van der Waals surface area contributed by atoms with E-state index in [4.69, 9.17) is 0 Å². The van der Waals surface area contributed by atoms with Gasteiger partial charge in [-0.15, -0.1) is 0 Å². The lowest BCUT2D eigenvalue weighted by molar-refractivity contribution is -0.127. The number of fused-ring (bicyclic) bond motifs is 5. The molecule has 2 fully saturated rings. The first-order chi connectivity index (χ1) is 9.95. The van der Waals surface area contributed by atoms with Crippen LogP contribution in [0.4, 0.5) is 0 Å². The van der Waals surface area contributed by atoms with Gasteiger partial charge in [-0.3, -0.25) is 4.79 Å². The average Bonchev–Trinajstić information content (AvgIpc) is 2.76. The van der Waals surface area contributed by atoms with E-state index in [0.717, 1.165) is 44.9 Å². The summed E-state index contributed by atoms with van der Waals surface area (Å²) in [5.74, 6) is 1.60. The zero-order valence-electron chi connectivity index (χ0n) is 13.2. The predicted molar refractivity (Wildman–Crippen MR) is 82.7 cm³/mol. The molecule has 5 atom stereocenters. The zero-order chi connectivity index (χ0) is 14.8. The summed E-state index contributed by atoms with van der Waals surface area (Å²) in [4.78, 5) is 12.3. The van der Waals surface area contributed by atoms with Crippen LogP contribution in [0.25, 0.3) is 0 Å². The molecule has 0 saturated heterocycles. The third-order valence-electron chi connectivity index (χ3n) is 7.17. The molecule has 0 amide bonds. The van der Waals surface area contributed by atoms with Crippen LogP contribution in [0.3, 0.4) is 0 Å². The molecule has 21 heavy (non-hydrogen) atoms. The monoisotopic (exact) mass is 286 g/mol. The molecule has 2 saturated carbocycles. The number of hydrogen-bond donors (Lipinski definition) is 1. The Morgan fingerprint density at radius 1 is 1.24 bits per heavy atom. The molecule has 0 aliphatic heterocycles. The minimum atomic E-state index is -0.150. The number of ketones is 1. The Morgan fingerprint density at radius 2 is 2.05 bits per heavy atom. The van der Waals surface area contributed by atoms with Crippen LogP contribution in [-0.4, -0.2) is 17.0 Å². The maximum Gasteiger partial charge on any atom is 0.139 e.